The molecule has 0 unspecified atom stereocenters. The molecule has 2 amide bonds. The van der Waals surface area contributed by atoms with Crippen LogP contribution in [-0.4, -0.2) is 42.6 Å². The zero-order valence-electron chi connectivity index (χ0n) is 17.5. The highest BCUT2D eigenvalue weighted by atomic mass is 79.9. The fraction of sp³-hybridized carbons (Fsp3) is 0.409. The molecule has 2 aliphatic rings. The average Bonchev–Trinajstić information content (AvgIpc) is 3.15. The van der Waals surface area contributed by atoms with Gasteiger partial charge in [-0.05, 0) is 49.9 Å². The number of hydrogen-bond donors (Lipinski definition) is 2. The fourth-order valence-corrected chi connectivity index (χ4v) is 4.41. The Morgan fingerprint density at radius 1 is 1.09 bits per heavy atom. The Morgan fingerprint density at radius 3 is 2.56 bits per heavy atom. The molecule has 2 N–H and O–H groups in total. The number of amides is 2. The van der Waals surface area contributed by atoms with Gasteiger partial charge in [-0.2, -0.15) is 5.10 Å². The Labute approximate surface area is 193 Å². The Kier molecular flexibility index (Phi) is 5.77. The molecule has 9 nitrogen and oxygen atoms in total. The van der Waals surface area contributed by atoms with E-state index in [0.29, 0.717) is 11.4 Å². The number of rotatable bonds is 7. The quantitative estimate of drug-likeness (QED) is 0.519. The molecule has 2 heterocycles. The lowest BCUT2D eigenvalue weighted by molar-refractivity contribution is -0.122. The van der Waals surface area contributed by atoms with Crippen molar-refractivity contribution < 1.29 is 9.59 Å². The highest BCUT2D eigenvalue weighted by Gasteiger charge is 2.34. The van der Waals surface area contributed by atoms with E-state index in [1.165, 1.54) is 10.9 Å². The van der Waals surface area contributed by atoms with Crippen LogP contribution in [0.4, 0.5) is 5.69 Å². The van der Waals surface area contributed by atoms with Crippen LogP contribution in [-0.2, 0) is 11.3 Å². The van der Waals surface area contributed by atoms with Crippen molar-refractivity contribution in [1.29, 1.82) is 0 Å². The molecule has 2 aliphatic carbocycles. The summed E-state index contributed by atoms with van der Waals surface area (Å²) in [6.45, 7) is 0.124. The summed E-state index contributed by atoms with van der Waals surface area (Å²) in [5.74, 6) is -0.118. The van der Waals surface area contributed by atoms with E-state index in [0.717, 1.165) is 54.4 Å². The Morgan fingerprint density at radius 2 is 1.84 bits per heavy atom. The number of halogens is 1. The van der Waals surface area contributed by atoms with Crippen LogP contribution < -0.4 is 10.6 Å². The maximum Gasteiger partial charge on any atom is 0.278 e. The molecule has 0 spiro atoms. The molecule has 2 saturated carbocycles. The third-order valence-corrected chi connectivity index (χ3v) is 6.40. The van der Waals surface area contributed by atoms with Gasteiger partial charge in [0.2, 0.25) is 5.91 Å². The fourth-order valence-electron chi connectivity index (χ4n) is 4.14. The number of carbonyl (C=O) groups excluding carboxylic acids is 2. The molecule has 32 heavy (non-hydrogen) atoms. The lowest BCUT2D eigenvalue weighted by Crippen LogP contribution is -2.35. The van der Waals surface area contributed by atoms with Gasteiger partial charge in [0.15, 0.2) is 5.69 Å². The first-order valence-corrected chi connectivity index (χ1v) is 11.7. The van der Waals surface area contributed by atoms with E-state index in [1.54, 1.807) is 10.9 Å². The van der Waals surface area contributed by atoms with Crippen molar-refractivity contribution in [2.24, 2.45) is 0 Å². The second-order valence-electron chi connectivity index (χ2n) is 8.42. The molecule has 1 aromatic carbocycles. The molecule has 166 valence electrons. The monoisotopic (exact) mass is 497 g/mol. The first-order valence-electron chi connectivity index (χ1n) is 10.9. The largest absolute Gasteiger partial charge is 0.352 e. The first kappa shape index (κ1) is 20.9. The molecule has 2 fully saturated rings. The maximum atomic E-state index is 13.0. The highest BCUT2D eigenvalue weighted by molar-refractivity contribution is 9.10. The van der Waals surface area contributed by atoms with Gasteiger partial charge in [0, 0.05) is 22.6 Å². The summed E-state index contributed by atoms with van der Waals surface area (Å²) >= 11 is 3.44. The van der Waals surface area contributed by atoms with E-state index in [4.69, 9.17) is 0 Å². The zero-order valence-corrected chi connectivity index (χ0v) is 19.1. The average molecular weight is 498 g/mol. The van der Waals surface area contributed by atoms with Crippen LogP contribution in [0.2, 0.25) is 0 Å². The van der Waals surface area contributed by atoms with Crippen molar-refractivity contribution in [2.45, 2.75) is 57.0 Å². The van der Waals surface area contributed by atoms with Crippen molar-refractivity contribution in [3.8, 4) is 5.69 Å². The predicted molar refractivity (Wildman–Crippen MR) is 122 cm³/mol. The molecular weight excluding hydrogens is 474 g/mol. The molecule has 3 aromatic rings. The summed E-state index contributed by atoms with van der Waals surface area (Å²) in [5, 5.41) is 18.5. The number of nitrogens with one attached hydrogen (secondary N) is 2. The predicted octanol–water partition coefficient (Wildman–Crippen LogP) is 3.41. The van der Waals surface area contributed by atoms with Gasteiger partial charge >= 0.3 is 0 Å². The maximum absolute atomic E-state index is 13.0. The molecule has 0 saturated heterocycles. The van der Waals surface area contributed by atoms with Crippen molar-refractivity contribution in [1.82, 2.24) is 30.1 Å². The smallest absolute Gasteiger partial charge is 0.278 e. The van der Waals surface area contributed by atoms with E-state index < -0.39 is 0 Å². The first-order chi connectivity index (χ1) is 15.6. The van der Waals surface area contributed by atoms with E-state index in [9.17, 15) is 9.59 Å². The highest BCUT2D eigenvalue weighted by Crippen LogP contribution is 2.42. The molecule has 10 heteroatoms. The minimum atomic E-state index is -0.329. The van der Waals surface area contributed by atoms with Gasteiger partial charge in [0.1, 0.15) is 6.54 Å². The lowest BCUT2D eigenvalue weighted by Gasteiger charge is -2.11. The Balaban J connectivity index is 1.27. The van der Waals surface area contributed by atoms with Crippen LogP contribution in [0.1, 0.15) is 60.6 Å². The summed E-state index contributed by atoms with van der Waals surface area (Å²) in [6.07, 6.45) is 9.62. The molecule has 0 atom stereocenters. The summed E-state index contributed by atoms with van der Waals surface area (Å²) in [5.41, 5.74) is 2.53. The molecular formula is C22H24BrN7O2. The van der Waals surface area contributed by atoms with E-state index in [2.05, 4.69) is 42.0 Å². The molecule has 2 aromatic heterocycles. The summed E-state index contributed by atoms with van der Waals surface area (Å²) in [4.78, 5) is 25.2. The lowest BCUT2D eigenvalue weighted by atomic mass is 10.2. The van der Waals surface area contributed by atoms with Crippen LogP contribution in [0.25, 0.3) is 5.69 Å². The van der Waals surface area contributed by atoms with Crippen LogP contribution in [0.3, 0.4) is 0 Å². The summed E-state index contributed by atoms with van der Waals surface area (Å²) in [6, 6.07) is 8.02. The van der Waals surface area contributed by atoms with Gasteiger partial charge in [0.25, 0.3) is 5.91 Å². The standard InChI is InChI=1S/C22H24BrN7O2/c23-15-7-9-18(10-8-15)30-21(14-5-6-14)20(27-28-30)22(32)26-17-11-24-29(12-17)13-19(31)25-16-3-1-2-4-16/h7-12,14,16H,1-6,13H2,(H,25,31)(H,26,32). The number of anilines is 1. The number of nitrogens with zero attached hydrogens (tertiary/aromatic N) is 5. The van der Waals surface area contributed by atoms with Gasteiger partial charge in [-0.15, -0.1) is 5.10 Å². The minimum Gasteiger partial charge on any atom is -0.352 e. The van der Waals surface area contributed by atoms with Crippen LogP contribution >= 0.6 is 15.9 Å². The molecule has 5 rings (SSSR count). The van der Waals surface area contributed by atoms with Crippen LogP contribution in [0.5, 0.6) is 0 Å². The van der Waals surface area contributed by atoms with Gasteiger partial charge in [-0.3, -0.25) is 14.3 Å². The third kappa shape index (κ3) is 4.59. The van der Waals surface area contributed by atoms with E-state index in [1.807, 2.05) is 24.3 Å². The Hall–Kier alpha value is -3.01. The van der Waals surface area contributed by atoms with Crippen LogP contribution in [0, 0.1) is 0 Å². The second-order valence-corrected chi connectivity index (χ2v) is 9.33. The van der Waals surface area contributed by atoms with Crippen molar-refractivity contribution >= 4 is 33.4 Å². The van der Waals surface area contributed by atoms with Crippen molar-refractivity contribution in [3.63, 3.8) is 0 Å². The van der Waals surface area contributed by atoms with Gasteiger partial charge in [-0.25, -0.2) is 4.68 Å². The zero-order chi connectivity index (χ0) is 22.1. The van der Waals surface area contributed by atoms with E-state index >= 15 is 0 Å². The van der Waals surface area contributed by atoms with Crippen LogP contribution in [0.15, 0.2) is 41.1 Å². The second kappa shape index (κ2) is 8.85. The minimum absolute atomic E-state index is 0.0636. The Bertz CT molecular complexity index is 1130. The van der Waals surface area contributed by atoms with Crippen molar-refractivity contribution in [3.05, 3.63) is 52.5 Å². The number of hydrogen-bond acceptors (Lipinski definition) is 5. The molecule has 0 radical (unpaired) electrons. The van der Waals surface area contributed by atoms with Gasteiger partial charge in [0.05, 0.1) is 23.3 Å². The third-order valence-electron chi connectivity index (χ3n) is 5.87. The van der Waals surface area contributed by atoms with Crippen molar-refractivity contribution in [2.75, 3.05) is 5.32 Å². The van der Waals surface area contributed by atoms with E-state index in [-0.39, 0.29) is 30.3 Å². The SMILES string of the molecule is O=C(Cn1cc(NC(=O)c2nnn(-c3ccc(Br)cc3)c2C2CC2)cn1)NC1CCCC1. The molecule has 0 bridgehead atoms. The summed E-state index contributed by atoms with van der Waals surface area (Å²) < 4.78 is 4.25. The summed E-state index contributed by atoms with van der Waals surface area (Å²) in [7, 11) is 0. The number of benzene rings is 1. The number of aromatic nitrogens is 5. The number of carbonyl (C=O) groups is 2. The van der Waals surface area contributed by atoms with Gasteiger partial charge < -0.3 is 10.6 Å². The molecule has 0 aliphatic heterocycles. The topological polar surface area (TPSA) is 107 Å². The van der Waals surface area contributed by atoms with Gasteiger partial charge in [-0.1, -0.05) is 34.0 Å². The normalized spacial score (nSPS) is 16.3.